The van der Waals surface area contributed by atoms with E-state index < -0.39 is 11.9 Å². The highest BCUT2D eigenvalue weighted by atomic mass is 127. The lowest BCUT2D eigenvalue weighted by atomic mass is 10.1. The molecule has 5 nitrogen and oxygen atoms in total. The van der Waals surface area contributed by atoms with E-state index in [1.54, 1.807) is 20.3 Å². The molecule has 2 rings (SSSR count). The molecular formula is C18H23ClFIN2O3. The Morgan fingerprint density at radius 3 is 2.50 bits per heavy atom. The zero-order valence-corrected chi connectivity index (χ0v) is 17.6. The minimum atomic E-state index is -0.797. The monoisotopic (exact) mass is 496 g/mol. The number of hydrogen-bond donors (Lipinski definition) is 3. The molecule has 2 aromatic rings. The van der Waals surface area contributed by atoms with E-state index in [-0.39, 0.29) is 18.1 Å². The first-order valence-electron chi connectivity index (χ1n) is 7.80. The van der Waals surface area contributed by atoms with Gasteiger partial charge in [-0.1, -0.05) is 6.07 Å². The topological polar surface area (TPSA) is 76.7 Å². The number of nitrogens with two attached hydrogens (primary N) is 1. The van der Waals surface area contributed by atoms with Crippen LogP contribution in [0.2, 0.25) is 0 Å². The van der Waals surface area contributed by atoms with Crippen molar-refractivity contribution in [2.45, 2.75) is 12.5 Å². The zero-order chi connectivity index (χ0) is 18.4. The van der Waals surface area contributed by atoms with Crippen molar-refractivity contribution >= 4 is 40.7 Å². The zero-order valence-electron chi connectivity index (χ0n) is 14.6. The predicted octanol–water partition coefficient (Wildman–Crippen LogP) is 3.32. The Morgan fingerprint density at radius 2 is 1.88 bits per heavy atom. The van der Waals surface area contributed by atoms with Crippen molar-refractivity contribution in [1.82, 2.24) is 5.32 Å². The van der Waals surface area contributed by atoms with Crippen molar-refractivity contribution in [1.29, 1.82) is 0 Å². The summed E-state index contributed by atoms with van der Waals surface area (Å²) in [6.45, 7) is 0.994. The molecule has 0 fully saturated rings. The quantitative estimate of drug-likeness (QED) is 0.297. The van der Waals surface area contributed by atoms with E-state index in [0.717, 1.165) is 12.0 Å². The normalized spacial score (nSPS) is 11.6. The Morgan fingerprint density at radius 1 is 1.19 bits per heavy atom. The smallest absolute Gasteiger partial charge is 0.160 e. The molecule has 2 aromatic carbocycles. The number of nitrogens with one attached hydrogen (secondary N) is 1. The van der Waals surface area contributed by atoms with Gasteiger partial charge in [0.2, 0.25) is 0 Å². The lowest BCUT2D eigenvalue weighted by Gasteiger charge is -2.14. The maximum Gasteiger partial charge on any atom is 0.160 e. The number of methoxy groups -OCH3 is 2. The SMILES string of the molecule is COc1ccc(CCNCC(O)c2cc(F)c(N)c(I)c2)cc1OC.Cl. The molecule has 0 radical (unpaired) electrons. The summed E-state index contributed by atoms with van der Waals surface area (Å²) < 4.78 is 24.7. The van der Waals surface area contributed by atoms with Crippen LogP contribution in [0.4, 0.5) is 10.1 Å². The van der Waals surface area contributed by atoms with Crippen molar-refractivity contribution in [3.63, 3.8) is 0 Å². The second-order valence-electron chi connectivity index (χ2n) is 5.56. The number of aliphatic hydroxyl groups excluding tert-OH is 1. The molecule has 0 aliphatic carbocycles. The average molecular weight is 497 g/mol. The van der Waals surface area contributed by atoms with Gasteiger partial charge >= 0.3 is 0 Å². The molecule has 4 N–H and O–H groups in total. The molecule has 144 valence electrons. The first-order valence-corrected chi connectivity index (χ1v) is 8.88. The van der Waals surface area contributed by atoms with Gasteiger partial charge < -0.3 is 25.6 Å². The van der Waals surface area contributed by atoms with E-state index in [2.05, 4.69) is 5.32 Å². The summed E-state index contributed by atoms with van der Waals surface area (Å²) in [5.74, 6) is 0.868. The van der Waals surface area contributed by atoms with E-state index >= 15 is 0 Å². The summed E-state index contributed by atoms with van der Waals surface area (Å²) in [6, 6.07) is 8.73. The Bertz CT molecular complexity index is 711. The molecule has 1 atom stereocenters. The summed E-state index contributed by atoms with van der Waals surface area (Å²) in [5.41, 5.74) is 7.29. The number of ether oxygens (including phenoxy) is 2. The van der Waals surface area contributed by atoms with Gasteiger partial charge in [-0.05, 0) is 70.9 Å². The third-order valence-corrected chi connectivity index (χ3v) is 4.75. The summed E-state index contributed by atoms with van der Waals surface area (Å²) in [6.07, 6.45) is -0.0326. The lowest BCUT2D eigenvalue weighted by molar-refractivity contribution is 0.174. The fourth-order valence-corrected chi connectivity index (χ4v) is 3.04. The number of rotatable bonds is 8. The number of hydrogen-bond acceptors (Lipinski definition) is 5. The van der Waals surface area contributed by atoms with Crippen LogP contribution in [0, 0.1) is 9.39 Å². The van der Waals surface area contributed by atoms with E-state index in [4.69, 9.17) is 15.2 Å². The van der Waals surface area contributed by atoms with E-state index in [9.17, 15) is 9.50 Å². The fourth-order valence-electron chi connectivity index (χ4n) is 2.42. The highest BCUT2D eigenvalue weighted by Gasteiger charge is 2.12. The van der Waals surface area contributed by atoms with Gasteiger partial charge in [-0.25, -0.2) is 4.39 Å². The number of nitrogen functional groups attached to an aromatic ring is 1. The van der Waals surface area contributed by atoms with E-state index in [1.165, 1.54) is 6.07 Å². The highest BCUT2D eigenvalue weighted by Crippen LogP contribution is 2.27. The molecule has 0 aliphatic rings. The number of anilines is 1. The maximum atomic E-state index is 13.7. The Balaban J connectivity index is 0.00000338. The average Bonchev–Trinajstić information content (AvgIpc) is 2.62. The summed E-state index contributed by atoms with van der Waals surface area (Å²) in [4.78, 5) is 0. The van der Waals surface area contributed by atoms with Crippen LogP contribution in [-0.2, 0) is 6.42 Å². The largest absolute Gasteiger partial charge is 0.493 e. The molecule has 0 amide bonds. The number of aliphatic hydroxyl groups is 1. The molecular weight excluding hydrogens is 474 g/mol. The standard InChI is InChI=1S/C18H22FIN2O3.ClH/c1-24-16-4-3-11(7-17(16)25-2)5-6-22-10-15(23)12-8-13(19)18(21)14(20)9-12;/h3-4,7-9,15,22-23H,5-6,10,21H2,1-2H3;1H. The first kappa shape index (κ1) is 22.8. The molecule has 0 aromatic heterocycles. The van der Waals surface area contributed by atoms with Crippen LogP contribution in [0.25, 0.3) is 0 Å². The van der Waals surface area contributed by atoms with Crippen molar-refractivity contribution in [3.8, 4) is 11.5 Å². The maximum absolute atomic E-state index is 13.7. The van der Waals surface area contributed by atoms with Crippen molar-refractivity contribution in [3.05, 3.63) is 50.8 Å². The Kier molecular flexibility index (Phi) is 9.42. The molecule has 0 saturated heterocycles. The van der Waals surface area contributed by atoms with Crippen molar-refractivity contribution in [2.75, 3.05) is 33.0 Å². The summed E-state index contributed by atoms with van der Waals surface area (Å²) in [5, 5.41) is 13.4. The predicted molar refractivity (Wildman–Crippen MR) is 112 cm³/mol. The molecule has 26 heavy (non-hydrogen) atoms. The van der Waals surface area contributed by atoms with Crippen LogP contribution >= 0.6 is 35.0 Å². The van der Waals surface area contributed by atoms with E-state index in [0.29, 0.717) is 33.7 Å². The van der Waals surface area contributed by atoms with Crippen molar-refractivity contribution in [2.24, 2.45) is 0 Å². The minimum absolute atomic E-state index is 0. The van der Waals surface area contributed by atoms with Gasteiger partial charge in [0, 0.05) is 10.1 Å². The van der Waals surface area contributed by atoms with Gasteiger partial charge in [0.25, 0.3) is 0 Å². The Labute approximate surface area is 172 Å². The second-order valence-corrected chi connectivity index (χ2v) is 6.72. The van der Waals surface area contributed by atoms with Crippen LogP contribution in [0.1, 0.15) is 17.2 Å². The van der Waals surface area contributed by atoms with Crippen LogP contribution in [0.15, 0.2) is 30.3 Å². The van der Waals surface area contributed by atoms with Gasteiger partial charge in [0.15, 0.2) is 11.5 Å². The van der Waals surface area contributed by atoms with Gasteiger partial charge in [-0.15, -0.1) is 12.4 Å². The number of halogens is 3. The van der Waals surface area contributed by atoms with Crippen LogP contribution in [0.3, 0.4) is 0 Å². The van der Waals surface area contributed by atoms with Crippen molar-refractivity contribution < 1.29 is 19.0 Å². The summed E-state index contributed by atoms with van der Waals surface area (Å²) in [7, 11) is 3.20. The third-order valence-electron chi connectivity index (χ3n) is 3.86. The van der Waals surface area contributed by atoms with Gasteiger partial charge in [0.05, 0.1) is 26.0 Å². The third kappa shape index (κ3) is 5.87. The van der Waals surface area contributed by atoms with Crippen LogP contribution < -0.4 is 20.5 Å². The molecule has 0 heterocycles. The molecule has 0 spiro atoms. The first-order chi connectivity index (χ1) is 12.0. The summed E-state index contributed by atoms with van der Waals surface area (Å²) >= 11 is 1.96. The van der Waals surface area contributed by atoms with Gasteiger partial charge in [-0.2, -0.15) is 0 Å². The second kappa shape index (κ2) is 10.8. The fraction of sp³-hybridized carbons (Fsp3) is 0.333. The minimum Gasteiger partial charge on any atom is -0.493 e. The van der Waals surface area contributed by atoms with Gasteiger partial charge in [-0.3, -0.25) is 0 Å². The molecule has 0 bridgehead atoms. The number of benzene rings is 2. The van der Waals surface area contributed by atoms with Crippen LogP contribution in [0.5, 0.6) is 11.5 Å². The van der Waals surface area contributed by atoms with Crippen LogP contribution in [-0.4, -0.2) is 32.4 Å². The molecule has 1 unspecified atom stereocenters. The Hall–Kier alpha value is -1.29. The van der Waals surface area contributed by atoms with Gasteiger partial charge in [0.1, 0.15) is 5.82 Å². The molecule has 8 heteroatoms. The molecule has 0 saturated carbocycles. The lowest BCUT2D eigenvalue weighted by Crippen LogP contribution is -2.24. The highest BCUT2D eigenvalue weighted by molar-refractivity contribution is 14.1. The van der Waals surface area contributed by atoms with E-state index in [1.807, 2.05) is 40.8 Å². The molecule has 0 aliphatic heterocycles.